The third kappa shape index (κ3) is 4.87. The zero-order chi connectivity index (χ0) is 16.6. The summed E-state index contributed by atoms with van der Waals surface area (Å²) in [5, 5.41) is 10.2. The number of hydrogen-bond acceptors (Lipinski definition) is 6. The Morgan fingerprint density at radius 3 is 3.08 bits per heavy atom. The highest BCUT2D eigenvalue weighted by Crippen LogP contribution is 2.15. The summed E-state index contributed by atoms with van der Waals surface area (Å²) < 4.78 is 10.7. The van der Waals surface area contributed by atoms with Crippen molar-refractivity contribution in [2.75, 3.05) is 32.8 Å². The zero-order valence-electron chi connectivity index (χ0n) is 13.5. The average Bonchev–Trinajstić information content (AvgIpc) is 2.94. The molecule has 1 aliphatic heterocycles. The normalized spacial score (nSPS) is 18.1. The van der Waals surface area contributed by atoms with Crippen LogP contribution in [0.3, 0.4) is 0 Å². The average molecular weight is 330 g/mol. The highest BCUT2D eigenvalue weighted by atomic mass is 16.5. The van der Waals surface area contributed by atoms with E-state index in [1.807, 2.05) is 30.3 Å². The van der Waals surface area contributed by atoms with Crippen LogP contribution in [0.15, 0.2) is 34.9 Å². The SMILES string of the molecule is O=C(CCc1nc(-c2ccccc2)no1)NCC1CNCCOC1. The minimum Gasteiger partial charge on any atom is -0.380 e. The summed E-state index contributed by atoms with van der Waals surface area (Å²) in [6, 6.07) is 9.62. The monoisotopic (exact) mass is 330 g/mol. The van der Waals surface area contributed by atoms with Crippen molar-refractivity contribution in [3.05, 3.63) is 36.2 Å². The molecule has 2 heterocycles. The molecule has 7 nitrogen and oxygen atoms in total. The lowest BCUT2D eigenvalue weighted by molar-refractivity contribution is -0.121. The van der Waals surface area contributed by atoms with Gasteiger partial charge in [0.05, 0.1) is 13.2 Å². The van der Waals surface area contributed by atoms with Crippen molar-refractivity contribution in [2.24, 2.45) is 5.92 Å². The zero-order valence-corrected chi connectivity index (χ0v) is 13.5. The molecule has 0 saturated carbocycles. The Morgan fingerprint density at radius 1 is 1.33 bits per heavy atom. The Balaban J connectivity index is 1.42. The van der Waals surface area contributed by atoms with Crippen molar-refractivity contribution >= 4 is 5.91 Å². The third-order valence-electron chi connectivity index (χ3n) is 3.86. The summed E-state index contributed by atoms with van der Waals surface area (Å²) in [4.78, 5) is 16.3. The van der Waals surface area contributed by atoms with Crippen LogP contribution in [0, 0.1) is 5.92 Å². The molecule has 1 aromatic carbocycles. The predicted molar refractivity (Wildman–Crippen MR) is 88.2 cm³/mol. The number of aromatic nitrogens is 2. The van der Waals surface area contributed by atoms with Gasteiger partial charge in [0.1, 0.15) is 0 Å². The number of benzene rings is 1. The summed E-state index contributed by atoms with van der Waals surface area (Å²) in [6.45, 7) is 3.75. The molecule has 1 fully saturated rings. The van der Waals surface area contributed by atoms with Crippen LogP contribution >= 0.6 is 0 Å². The lowest BCUT2D eigenvalue weighted by Gasteiger charge is -2.14. The molecule has 2 N–H and O–H groups in total. The summed E-state index contributed by atoms with van der Waals surface area (Å²) in [5.74, 6) is 1.32. The molecule has 1 aromatic heterocycles. The van der Waals surface area contributed by atoms with E-state index in [9.17, 15) is 4.79 Å². The minimum atomic E-state index is -0.0151. The van der Waals surface area contributed by atoms with E-state index < -0.39 is 0 Å². The van der Waals surface area contributed by atoms with Crippen LogP contribution in [-0.4, -0.2) is 48.9 Å². The van der Waals surface area contributed by atoms with Crippen LogP contribution in [-0.2, 0) is 16.0 Å². The first-order valence-corrected chi connectivity index (χ1v) is 8.24. The molecule has 1 unspecified atom stereocenters. The van der Waals surface area contributed by atoms with Crippen LogP contribution in [0.25, 0.3) is 11.4 Å². The Hall–Kier alpha value is -2.25. The molecule has 128 valence electrons. The quantitative estimate of drug-likeness (QED) is 0.822. The molecular weight excluding hydrogens is 308 g/mol. The highest BCUT2D eigenvalue weighted by Gasteiger charge is 2.14. The van der Waals surface area contributed by atoms with Gasteiger partial charge in [-0.15, -0.1) is 0 Å². The first kappa shape index (κ1) is 16.6. The van der Waals surface area contributed by atoms with E-state index in [0.717, 1.165) is 25.3 Å². The van der Waals surface area contributed by atoms with Gasteiger partial charge in [-0.1, -0.05) is 35.5 Å². The molecule has 0 spiro atoms. The smallest absolute Gasteiger partial charge is 0.227 e. The molecule has 0 bridgehead atoms. The van der Waals surface area contributed by atoms with Gasteiger partial charge in [-0.2, -0.15) is 4.98 Å². The molecule has 2 aromatic rings. The number of hydrogen-bond donors (Lipinski definition) is 2. The van der Waals surface area contributed by atoms with Crippen molar-refractivity contribution in [1.82, 2.24) is 20.8 Å². The number of amides is 1. The van der Waals surface area contributed by atoms with E-state index in [-0.39, 0.29) is 5.91 Å². The third-order valence-corrected chi connectivity index (χ3v) is 3.86. The molecule has 0 aliphatic carbocycles. The second-order valence-corrected chi connectivity index (χ2v) is 5.83. The molecule has 3 rings (SSSR count). The van der Waals surface area contributed by atoms with Gasteiger partial charge in [0.2, 0.25) is 17.6 Å². The molecule has 1 saturated heterocycles. The number of carbonyl (C=O) groups excluding carboxylic acids is 1. The molecule has 0 radical (unpaired) electrons. The molecule has 7 heteroatoms. The van der Waals surface area contributed by atoms with Gasteiger partial charge < -0.3 is 19.9 Å². The first-order valence-electron chi connectivity index (χ1n) is 8.24. The fourth-order valence-electron chi connectivity index (χ4n) is 2.52. The fraction of sp³-hybridized carbons (Fsp3) is 0.471. The maximum absolute atomic E-state index is 12.0. The van der Waals surface area contributed by atoms with Crippen LogP contribution in [0.1, 0.15) is 12.3 Å². The fourth-order valence-corrected chi connectivity index (χ4v) is 2.52. The van der Waals surface area contributed by atoms with Gasteiger partial charge in [-0.25, -0.2) is 0 Å². The lowest BCUT2D eigenvalue weighted by atomic mass is 10.1. The standard InChI is InChI=1S/C17H22N4O3/c22-15(19-11-13-10-18-8-9-23-12-13)6-7-16-20-17(21-24-16)14-4-2-1-3-5-14/h1-5,13,18H,6-12H2,(H,19,22). The van der Waals surface area contributed by atoms with Crippen molar-refractivity contribution < 1.29 is 14.1 Å². The summed E-state index contributed by atoms with van der Waals surface area (Å²) >= 11 is 0. The number of nitrogens with zero attached hydrogens (tertiary/aromatic N) is 2. The first-order chi connectivity index (χ1) is 11.8. The molecule has 1 amide bonds. The van der Waals surface area contributed by atoms with Gasteiger partial charge in [0, 0.05) is 44.0 Å². The molecule has 1 atom stereocenters. The van der Waals surface area contributed by atoms with E-state index in [1.54, 1.807) is 0 Å². The van der Waals surface area contributed by atoms with Gasteiger partial charge in [-0.3, -0.25) is 4.79 Å². The Bertz CT molecular complexity index is 636. The van der Waals surface area contributed by atoms with Crippen LogP contribution in [0.5, 0.6) is 0 Å². The van der Waals surface area contributed by atoms with E-state index in [2.05, 4.69) is 20.8 Å². The van der Waals surface area contributed by atoms with Crippen molar-refractivity contribution in [3.63, 3.8) is 0 Å². The van der Waals surface area contributed by atoms with Crippen molar-refractivity contribution in [1.29, 1.82) is 0 Å². The minimum absolute atomic E-state index is 0.0151. The van der Waals surface area contributed by atoms with Gasteiger partial charge >= 0.3 is 0 Å². The molecular formula is C17H22N4O3. The number of ether oxygens (including phenoxy) is 1. The Labute approximate surface area is 140 Å². The van der Waals surface area contributed by atoms with E-state index >= 15 is 0 Å². The number of carbonyl (C=O) groups is 1. The van der Waals surface area contributed by atoms with Crippen LogP contribution in [0.4, 0.5) is 0 Å². The van der Waals surface area contributed by atoms with Crippen LogP contribution in [0.2, 0.25) is 0 Å². The predicted octanol–water partition coefficient (Wildman–Crippen LogP) is 1.02. The number of rotatable bonds is 6. The summed E-state index contributed by atoms with van der Waals surface area (Å²) in [7, 11) is 0. The lowest BCUT2D eigenvalue weighted by Crippen LogP contribution is -2.35. The topological polar surface area (TPSA) is 89.3 Å². The van der Waals surface area contributed by atoms with Gasteiger partial charge in [0.15, 0.2) is 0 Å². The summed E-state index contributed by atoms with van der Waals surface area (Å²) in [6.07, 6.45) is 0.766. The van der Waals surface area contributed by atoms with E-state index in [4.69, 9.17) is 9.26 Å². The number of nitrogens with one attached hydrogen (secondary N) is 2. The summed E-state index contributed by atoms with van der Waals surface area (Å²) in [5.41, 5.74) is 0.901. The van der Waals surface area contributed by atoms with Gasteiger partial charge in [0.25, 0.3) is 0 Å². The van der Waals surface area contributed by atoms with Crippen molar-refractivity contribution in [3.8, 4) is 11.4 Å². The molecule has 24 heavy (non-hydrogen) atoms. The highest BCUT2D eigenvalue weighted by molar-refractivity contribution is 5.76. The van der Waals surface area contributed by atoms with Crippen LogP contribution < -0.4 is 10.6 Å². The Kier molecular flexibility index (Phi) is 5.92. The van der Waals surface area contributed by atoms with Crippen molar-refractivity contribution in [2.45, 2.75) is 12.8 Å². The second-order valence-electron chi connectivity index (χ2n) is 5.83. The van der Waals surface area contributed by atoms with Gasteiger partial charge in [-0.05, 0) is 0 Å². The van der Waals surface area contributed by atoms with E-state index in [0.29, 0.717) is 43.6 Å². The molecule has 1 aliphatic rings. The van der Waals surface area contributed by atoms with E-state index in [1.165, 1.54) is 0 Å². The maximum atomic E-state index is 12.0. The Morgan fingerprint density at radius 2 is 2.21 bits per heavy atom. The second kappa shape index (κ2) is 8.56. The maximum Gasteiger partial charge on any atom is 0.227 e. The number of aryl methyl sites for hydroxylation is 1. The largest absolute Gasteiger partial charge is 0.380 e.